The molecule has 3 heterocycles. The molecule has 1 N–H and O–H groups in total. The Morgan fingerprint density at radius 2 is 1.06 bits per heavy atom. The van der Waals surface area contributed by atoms with Crippen molar-refractivity contribution in [2.45, 2.75) is 19.3 Å². The molecule has 2 aliphatic rings. The fraction of sp³-hybridized carbons (Fsp3) is 0.0698. The molecule has 0 radical (unpaired) electrons. The summed E-state index contributed by atoms with van der Waals surface area (Å²) in [5, 5.41) is 13.7. The zero-order chi connectivity index (χ0) is 33.6. The summed E-state index contributed by atoms with van der Waals surface area (Å²) in [6.45, 7) is 4.52. The smallest absolute Gasteiger partial charge is 0.181 e. The van der Waals surface area contributed by atoms with Gasteiger partial charge < -0.3 is 14.7 Å². The standard InChI is InChI=1S/C43H29N5O2/c1-43(2)34-21-28(13-16-30(34)31-22-36-39(23-35(31)43)50-24-44-36)27-14-17-37-32(19-27)33-20-29(15-18-38(33)48(37)49)42-46-40(25-9-5-3-6-10-25)45-41(47-42)26-11-7-4-8-12-26/h3-24,48H,1-2H3. The maximum atomic E-state index is 13.6. The molecular formula is C43H29N5O2. The minimum atomic E-state index is -0.211. The van der Waals surface area contributed by atoms with E-state index >= 15 is 0 Å². The van der Waals surface area contributed by atoms with Crippen LogP contribution < -0.4 is 5.06 Å². The number of hydrogen-bond donors (Lipinski definition) is 1. The second-order valence-electron chi connectivity index (χ2n) is 13.5. The molecule has 0 saturated heterocycles. The Morgan fingerprint density at radius 1 is 0.520 bits per heavy atom. The molecule has 1 atom stereocenters. The molecule has 0 bridgehead atoms. The van der Waals surface area contributed by atoms with Crippen LogP contribution >= 0.6 is 0 Å². The minimum Gasteiger partial charge on any atom is -0.623 e. The van der Waals surface area contributed by atoms with E-state index < -0.39 is 0 Å². The highest BCUT2D eigenvalue weighted by atomic mass is 16.5. The average Bonchev–Trinajstić information content (AvgIpc) is 3.81. The van der Waals surface area contributed by atoms with Gasteiger partial charge in [0.2, 0.25) is 0 Å². The van der Waals surface area contributed by atoms with E-state index in [1.54, 1.807) is 0 Å². The molecule has 7 nitrogen and oxygen atoms in total. The van der Waals surface area contributed by atoms with Gasteiger partial charge in [-0.3, -0.25) is 0 Å². The molecular weight excluding hydrogens is 619 g/mol. The van der Waals surface area contributed by atoms with Crippen molar-refractivity contribution < 1.29 is 9.48 Å². The van der Waals surface area contributed by atoms with Crippen LogP contribution in [0.25, 0.3) is 78.6 Å². The van der Waals surface area contributed by atoms with Crippen molar-refractivity contribution in [1.29, 1.82) is 0 Å². The number of fused-ring (bicyclic) bond motifs is 7. The first kappa shape index (κ1) is 28.7. The number of rotatable bonds is 4. The first-order valence-electron chi connectivity index (χ1n) is 16.7. The quantitative estimate of drug-likeness (QED) is 0.192. The summed E-state index contributed by atoms with van der Waals surface area (Å²) in [4.78, 5) is 19.1. The number of benzene rings is 6. The largest absolute Gasteiger partial charge is 0.623 e. The van der Waals surface area contributed by atoms with Gasteiger partial charge >= 0.3 is 0 Å². The molecule has 50 heavy (non-hydrogen) atoms. The first-order valence-corrected chi connectivity index (χ1v) is 16.7. The highest BCUT2D eigenvalue weighted by Crippen LogP contribution is 2.51. The third-order valence-corrected chi connectivity index (χ3v) is 10.2. The van der Waals surface area contributed by atoms with Gasteiger partial charge in [-0.2, -0.15) is 0 Å². The Labute approximate surface area is 288 Å². The van der Waals surface area contributed by atoms with Crippen molar-refractivity contribution in [3.8, 4) is 67.5 Å². The maximum absolute atomic E-state index is 13.6. The summed E-state index contributed by atoms with van der Waals surface area (Å²) in [5.74, 6) is 1.75. The van der Waals surface area contributed by atoms with Crippen LogP contribution in [0, 0.1) is 5.21 Å². The van der Waals surface area contributed by atoms with Gasteiger partial charge in [-0.1, -0.05) is 86.6 Å². The molecule has 1 unspecified atom stereocenters. The summed E-state index contributed by atoms with van der Waals surface area (Å²) in [6.07, 6.45) is 1.50. The van der Waals surface area contributed by atoms with E-state index in [9.17, 15) is 5.21 Å². The zero-order valence-corrected chi connectivity index (χ0v) is 27.3. The average molecular weight is 648 g/mol. The van der Waals surface area contributed by atoms with Crippen LogP contribution in [0.2, 0.25) is 0 Å². The van der Waals surface area contributed by atoms with E-state index in [4.69, 9.17) is 19.4 Å². The molecule has 0 spiro atoms. The van der Waals surface area contributed by atoms with Crippen LogP contribution in [-0.4, -0.2) is 19.9 Å². The summed E-state index contributed by atoms with van der Waals surface area (Å²) in [7, 11) is 0. The van der Waals surface area contributed by atoms with Crippen molar-refractivity contribution in [2.75, 3.05) is 0 Å². The lowest BCUT2D eigenvalue weighted by molar-refractivity contribution is -0.694. The normalized spacial score (nSPS) is 15.1. The molecule has 0 saturated carbocycles. The highest BCUT2D eigenvalue weighted by Gasteiger charge is 2.37. The van der Waals surface area contributed by atoms with Gasteiger partial charge in [0.15, 0.2) is 29.4 Å². The van der Waals surface area contributed by atoms with Gasteiger partial charge in [0.25, 0.3) is 0 Å². The second kappa shape index (κ2) is 10.6. The summed E-state index contributed by atoms with van der Waals surface area (Å²) in [5.41, 5.74) is 14.3. The number of quaternary nitrogens is 1. The lowest BCUT2D eigenvalue weighted by Gasteiger charge is -2.22. The number of nitrogens with zero attached hydrogens (tertiary/aromatic N) is 4. The highest BCUT2D eigenvalue weighted by molar-refractivity contribution is 5.93. The van der Waals surface area contributed by atoms with Gasteiger partial charge in [0.05, 0.1) is 11.1 Å². The molecule has 0 amide bonds. The number of oxazole rings is 1. The predicted octanol–water partition coefficient (Wildman–Crippen LogP) is 9.31. The van der Waals surface area contributed by atoms with E-state index in [1.165, 1.54) is 28.6 Å². The van der Waals surface area contributed by atoms with Gasteiger partial charge in [-0.05, 0) is 75.8 Å². The van der Waals surface area contributed by atoms with E-state index in [-0.39, 0.29) is 10.5 Å². The van der Waals surface area contributed by atoms with E-state index in [1.807, 2.05) is 84.9 Å². The van der Waals surface area contributed by atoms with Crippen LogP contribution in [0.15, 0.2) is 138 Å². The van der Waals surface area contributed by atoms with Crippen molar-refractivity contribution in [2.24, 2.45) is 0 Å². The van der Waals surface area contributed by atoms with Crippen LogP contribution in [-0.2, 0) is 5.41 Å². The molecule has 10 rings (SSSR count). The number of nitrogens with one attached hydrogen (secondary N) is 1. The fourth-order valence-electron chi connectivity index (χ4n) is 7.60. The monoisotopic (exact) mass is 647 g/mol. The number of aromatic nitrogens is 4. The molecule has 2 aromatic heterocycles. The van der Waals surface area contributed by atoms with Crippen LogP contribution in [0.1, 0.15) is 25.0 Å². The third-order valence-electron chi connectivity index (χ3n) is 10.2. The van der Waals surface area contributed by atoms with Crippen molar-refractivity contribution in [1.82, 2.24) is 19.9 Å². The Kier molecular flexibility index (Phi) is 6.09. The minimum absolute atomic E-state index is 0.0298. The molecule has 6 aromatic carbocycles. The van der Waals surface area contributed by atoms with Crippen molar-refractivity contribution in [3.63, 3.8) is 0 Å². The Balaban J connectivity index is 1.07. The number of hydrogen-bond acceptors (Lipinski definition) is 6. The maximum Gasteiger partial charge on any atom is 0.181 e. The Bertz CT molecular complexity index is 2590. The van der Waals surface area contributed by atoms with Gasteiger partial charge in [-0.15, -0.1) is 0 Å². The Hall–Kier alpha value is -6.28. The summed E-state index contributed by atoms with van der Waals surface area (Å²) in [6, 6.07) is 42.9. The molecule has 0 fully saturated rings. The Morgan fingerprint density at radius 3 is 1.72 bits per heavy atom. The van der Waals surface area contributed by atoms with Gasteiger partial charge in [0, 0.05) is 34.2 Å². The SMILES string of the molecule is CC1(C)c2cc(-c3ccc4c(c3)-c3cc(-c5nc(-c6ccccc6)nc(-c6ccccc6)n5)ccc3[NH+]4[O-])ccc2-c2cc3ncoc3cc21. The molecule has 1 aliphatic heterocycles. The van der Waals surface area contributed by atoms with Crippen molar-refractivity contribution >= 4 is 22.5 Å². The second-order valence-corrected chi connectivity index (χ2v) is 13.5. The van der Waals surface area contributed by atoms with Gasteiger partial charge in [-0.25, -0.2) is 19.9 Å². The summed E-state index contributed by atoms with van der Waals surface area (Å²) >= 11 is 0. The van der Waals surface area contributed by atoms with E-state index in [0.717, 1.165) is 50.0 Å². The van der Waals surface area contributed by atoms with Gasteiger partial charge in [0.1, 0.15) is 16.9 Å². The fourth-order valence-corrected chi connectivity index (χ4v) is 7.60. The third kappa shape index (κ3) is 4.31. The molecule has 7 heteroatoms. The molecule has 8 aromatic rings. The first-order chi connectivity index (χ1) is 24.4. The lowest BCUT2D eigenvalue weighted by atomic mass is 9.81. The van der Waals surface area contributed by atoms with Crippen LogP contribution in [0.3, 0.4) is 0 Å². The topological polar surface area (TPSA) is 92.2 Å². The zero-order valence-electron chi connectivity index (χ0n) is 27.3. The predicted molar refractivity (Wildman–Crippen MR) is 196 cm³/mol. The lowest BCUT2D eigenvalue weighted by Crippen LogP contribution is -2.95. The van der Waals surface area contributed by atoms with Crippen LogP contribution in [0.4, 0.5) is 11.4 Å². The van der Waals surface area contributed by atoms with Crippen molar-refractivity contribution in [3.05, 3.63) is 150 Å². The van der Waals surface area contributed by atoms with Crippen LogP contribution in [0.5, 0.6) is 0 Å². The summed E-state index contributed by atoms with van der Waals surface area (Å²) < 4.78 is 5.65. The molecule has 1 aliphatic carbocycles. The molecule has 238 valence electrons. The van der Waals surface area contributed by atoms with E-state index in [2.05, 4.69) is 61.3 Å². The van der Waals surface area contributed by atoms with E-state index in [0.29, 0.717) is 28.8 Å².